The zero-order chi connectivity index (χ0) is 17.0. The Bertz CT molecular complexity index is 435. The number of hydrogen-bond donors (Lipinski definition) is 3. The Morgan fingerprint density at radius 2 is 2.04 bits per heavy atom. The SMILES string of the molecule is CCN(CC(=O)O)C1CC(NC(=O)NCC2CCC(C)(C)O2)C1. The number of hydrogen-bond acceptors (Lipinski definition) is 4. The average molecular weight is 327 g/mol. The summed E-state index contributed by atoms with van der Waals surface area (Å²) in [5.41, 5.74) is -0.0855. The Morgan fingerprint density at radius 3 is 2.57 bits per heavy atom. The van der Waals surface area contributed by atoms with Gasteiger partial charge in [-0.25, -0.2) is 4.79 Å². The zero-order valence-electron chi connectivity index (χ0n) is 14.3. The molecule has 1 aliphatic carbocycles. The van der Waals surface area contributed by atoms with Crippen molar-refractivity contribution >= 4 is 12.0 Å². The summed E-state index contributed by atoms with van der Waals surface area (Å²) in [7, 11) is 0. The summed E-state index contributed by atoms with van der Waals surface area (Å²) in [5.74, 6) is -0.805. The van der Waals surface area contributed by atoms with Gasteiger partial charge in [0.15, 0.2) is 0 Å². The van der Waals surface area contributed by atoms with Crippen LogP contribution in [0.5, 0.6) is 0 Å². The third kappa shape index (κ3) is 5.35. The maximum absolute atomic E-state index is 11.9. The molecule has 2 rings (SSSR count). The Kier molecular flexibility index (Phi) is 5.86. The van der Waals surface area contributed by atoms with Crippen molar-refractivity contribution < 1.29 is 19.4 Å². The molecular formula is C16H29N3O4. The second kappa shape index (κ2) is 7.49. The van der Waals surface area contributed by atoms with Crippen LogP contribution in [0.3, 0.4) is 0 Å². The number of nitrogens with zero attached hydrogens (tertiary/aromatic N) is 1. The predicted molar refractivity (Wildman–Crippen MR) is 86.4 cm³/mol. The van der Waals surface area contributed by atoms with Gasteiger partial charge in [-0.05, 0) is 46.1 Å². The van der Waals surface area contributed by atoms with Crippen LogP contribution in [-0.2, 0) is 9.53 Å². The first-order valence-corrected chi connectivity index (χ1v) is 8.47. The molecule has 7 heteroatoms. The number of carbonyl (C=O) groups is 2. The second-order valence-corrected chi connectivity index (χ2v) is 7.17. The first-order chi connectivity index (χ1) is 10.8. The summed E-state index contributed by atoms with van der Waals surface area (Å²) in [6.45, 7) is 7.40. The molecule has 0 aromatic carbocycles. The van der Waals surface area contributed by atoms with Gasteiger partial charge in [0, 0.05) is 18.6 Å². The number of likely N-dealkylation sites (N-methyl/N-ethyl adjacent to an activating group) is 1. The highest BCUT2D eigenvalue weighted by atomic mass is 16.5. The molecule has 7 nitrogen and oxygen atoms in total. The van der Waals surface area contributed by atoms with Crippen LogP contribution >= 0.6 is 0 Å². The molecule has 2 amide bonds. The van der Waals surface area contributed by atoms with E-state index in [4.69, 9.17) is 9.84 Å². The van der Waals surface area contributed by atoms with Gasteiger partial charge < -0.3 is 20.5 Å². The summed E-state index contributed by atoms with van der Waals surface area (Å²) in [4.78, 5) is 24.6. The van der Waals surface area contributed by atoms with E-state index in [0.717, 1.165) is 25.7 Å². The van der Waals surface area contributed by atoms with Crippen molar-refractivity contribution in [2.24, 2.45) is 0 Å². The lowest BCUT2D eigenvalue weighted by Gasteiger charge is -2.42. The maximum Gasteiger partial charge on any atom is 0.317 e. The number of ether oxygens (including phenoxy) is 1. The van der Waals surface area contributed by atoms with Gasteiger partial charge in [-0.15, -0.1) is 0 Å². The van der Waals surface area contributed by atoms with Gasteiger partial charge >= 0.3 is 12.0 Å². The molecule has 1 saturated heterocycles. The van der Waals surface area contributed by atoms with Gasteiger partial charge in [0.2, 0.25) is 0 Å². The Morgan fingerprint density at radius 1 is 1.35 bits per heavy atom. The summed E-state index contributed by atoms with van der Waals surface area (Å²) in [6, 6.07) is 0.215. The van der Waals surface area contributed by atoms with Crippen molar-refractivity contribution in [1.82, 2.24) is 15.5 Å². The molecule has 1 saturated carbocycles. The monoisotopic (exact) mass is 327 g/mol. The largest absolute Gasteiger partial charge is 0.480 e. The lowest BCUT2D eigenvalue weighted by Crippen LogP contribution is -2.56. The van der Waals surface area contributed by atoms with Crippen LogP contribution in [0.2, 0.25) is 0 Å². The van der Waals surface area contributed by atoms with E-state index in [9.17, 15) is 9.59 Å². The highest BCUT2D eigenvalue weighted by Gasteiger charge is 2.35. The van der Waals surface area contributed by atoms with Gasteiger partial charge in [-0.1, -0.05) is 6.92 Å². The van der Waals surface area contributed by atoms with Crippen molar-refractivity contribution in [2.45, 2.75) is 70.2 Å². The number of urea groups is 1. The summed E-state index contributed by atoms with van der Waals surface area (Å²) in [6.07, 6.45) is 3.69. The molecule has 0 spiro atoms. The highest BCUT2D eigenvalue weighted by Crippen LogP contribution is 2.29. The van der Waals surface area contributed by atoms with Crippen molar-refractivity contribution in [1.29, 1.82) is 0 Å². The first-order valence-electron chi connectivity index (χ1n) is 8.47. The molecule has 1 atom stereocenters. The number of aliphatic carboxylic acids is 1. The quantitative estimate of drug-likeness (QED) is 0.653. The fourth-order valence-electron chi connectivity index (χ4n) is 3.34. The Balaban J connectivity index is 1.61. The molecule has 1 unspecified atom stereocenters. The predicted octanol–water partition coefficient (Wildman–Crippen LogP) is 1.18. The average Bonchev–Trinajstić information content (AvgIpc) is 2.77. The van der Waals surface area contributed by atoms with E-state index in [2.05, 4.69) is 24.5 Å². The molecule has 2 aliphatic rings. The summed E-state index contributed by atoms with van der Waals surface area (Å²) in [5, 5.41) is 14.7. The number of rotatable bonds is 7. The van der Waals surface area contributed by atoms with Crippen molar-refractivity contribution in [3.63, 3.8) is 0 Å². The third-order valence-electron chi connectivity index (χ3n) is 4.75. The lowest BCUT2D eigenvalue weighted by molar-refractivity contribution is -0.139. The molecule has 23 heavy (non-hydrogen) atoms. The topological polar surface area (TPSA) is 90.9 Å². The molecule has 132 valence electrons. The molecular weight excluding hydrogens is 298 g/mol. The van der Waals surface area contributed by atoms with Gasteiger partial charge in [0.05, 0.1) is 18.2 Å². The van der Waals surface area contributed by atoms with E-state index in [1.807, 2.05) is 11.8 Å². The number of carbonyl (C=O) groups excluding carboxylic acids is 1. The summed E-state index contributed by atoms with van der Waals surface area (Å²) < 4.78 is 5.84. The van der Waals surface area contributed by atoms with Crippen LogP contribution in [0.25, 0.3) is 0 Å². The fraction of sp³-hybridized carbons (Fsp3) is 0.875. The standard InChI is InChI=1S/C16H29N3O4/c1-4-19(10-14(20)21)12-7-11(8-12)18-15(22)17-9-13-5-6-16(2,3)23-13/h11-13H,4-10H2,1-3H3,(H,20,21)(H2,17,18,22). The van der Waals surface area contributed by atoms with E-state index < -0.39 is 5.97 Å². The number of nitrogens with one attached hydrogen (secondary N) is 2. The van der Waals surface area contributed by atoms with Gasteiger partial charge in [-0.2, -0.15) is 0 Å². The van der Waals surface area contributed by atoms with E-state index in [-0.39, 0.29) is 36.4 Å². The normalized spacial score (nSPS) is 29.1. The fourth-order valence-corrected chi connectivity index (χ4v) is 3.34. The van der Waals surface area contributed by atoms with Crippen LogP contribution in [0.15, 0.2) is 0 Å². The molecule has 0 aromatic heterocycles. The molecule has 1 heterocycles. The van der Waals surface area contributed by atoms with Crippen LogP contribution in [0.1, 0.15) is 46.5 Å². The third-order valence-corrected chi connectivity index (χ3v) is 4.75. The minimum absolute atomic E-state index is 0.0644. The van der Waals surface area contributed by atoms with Crippen LogP contribution in [0, 0.1) is 0 Å². The van der Waals surface area contributed by atoms with Gasteiger partial charge in [-0.3, -0.25) is 9.69 Å². The minimum Gasteiger partial charge on any atom is -0.480 e. The molecule has 0 bridgehead atoms. The van der Waals surface area contributed by atoms with E-state index in [0.29, 0.717) is 13.1 Å². The molecule has 0 aromatic rings. The number of amides is 2. The van der Waals surface area contributed by atoms with Crippen molar-refractivity contribution in [2.75, 3.05) is 19.6 Å². The minimum atomic E-state index is -0.805. The van der Waals surface area contributed by atoms with Crippen LogP contribution in [-0.4, -0.2) is 65.4 Å². The van der Waals surface area contributed by atoms with Crippen molar-refractivity contribution in [3.05, 3.63) is 0 Å². The first kappa shape index (κ1) is 18.0. The smallest absolute Gasteiger partial charge is 0.317 e. The molecule has 3 N–H and O–H groups in total. The maximum atomic E-state index is 11.9. The number of carboxylic acids is 1. The summed E-state index contributed by atoms with van der Waals surface area (Å²) >= 11 is 0. The molecule has 2 fully saturated rings. The van der Waals surface area contributed by atoms with Crippen molar-refractivity contribution in [3.8, 4) is 0 Å². The molecule has 0 radical (unpaired) electrons. The van der Waals surface area contributed by atoms with Gasteiger partial charge in [0.1, 0.15) is 0 Å². The van der Waals surface area contributed by atoms with Gasteiger partial charge in [0.25, 0.3) is 0 Å². The van der Waals surface area contributed by atoms with Crippen LogP contribution in [0.4, 0.5) is 4.79 Å². The van der Waals surface area contributed by atoms with E-state index in [1.165, 1.54) is 0 Å². The zero-order valence-corrected chi connectivity index (χ0v) is 14.3. The van der Waals surface area contributed by atoms with E-state index >= 15 is 0 Å². The number of carboxylic acid groups (broad SMARTS) is 1. The van der Waals surface area contributed by atoms with Crippen LogP contribution < -0.4 is 10.6 Å². The Labute approximate surface area is 137 Å². The lowest BCUT2D eigenvalue weighted by atomic mass is 9.85. The molecule has 1 aliphatic heterocycles. The highest BCUT2D eigenvalue weighted by molar-refractivity contribution is 5.74. The Hall–Kier alpha value is -1.34. The van der Waals surface area contributed by atoms with E-state index in [1.54, 1.807) is 0 Å². The second-order valence-electron chi connectivity index (χ2n) is 7.17.